The van der Waals surface area contributed by atoms with E-state index < -0.39 is 11.6 Å². The summed E-state index contributed by atoms with van der Waals surface area (Å²) in [6.07, 6.45) is 3.51. The van der Waals surface area contributed by atoms with Crippen molar-refractivity contribution in [1.82, 2.24) is 5.32 Å². The van der Waals surface area contributed by atoms with Gasteiger partial charge in [-0.1, -0.05) is 0 Å². The summed E-state index contributed by atoms with van der Waals surface area (Å²) in [5, 5.41) is 11.1. The van der Waals surface area contributed by atoms with E-state index in [1.165, 1.54) is 0 Å². The fourth-order valence-corrected chi connectivity index (χ4v) is 2.22. The number of aliphatic carboxylic acids is 1. The van der Waals surface area contributed by atoms with Crippen LogP contribution in [0.4, 0.5) is 0 Å². The summed E-state index contributed by atoms with van der Waals surface area (Å²) in [5.41, 5.74) is -0.679. The van der Waals surface area contributed by atoms with E-state index in [1.807, 2.05) is 6.92 Å². The Morgan fingerprint density at radius 2 is 2.00 bits per heavy atom. The van der Waals surface area contributed by atoms with Gasteiger partial charge in [0, 0.05) is 13.2 Å². The molecule has 1 fully saturated rings. The van der Waals surface area contributed by atoms with Gasteiger partial charge in [-0.15, -0.1) is 0 Å². The molecule has 6 nitrogen and oxygen atoms in total. The zero-order valence-corrected chi connectivity index (χ0v) is 10.7. The minimum absolute atomic E-state index is 0.110. The van der Waals surface area contributed by atoms with E-state index in [-0.39, 0.29) is 19.1 Å². The minimum Gasteiger partial charge on any atom is -0.480 e. The first-order valence-electron chi connectivity index (χ1n) is 6.32. The average molecular weight is 259 g/mol. The van der Waals surface area contributed by atoms with Crippen LogP contribution in [0.5, 0.6) is 0 Å². The van der Waals surface area contributed by atoms with Gasteiger partial charge in [0.25, 0.3) is 5.91 Å². The van der Waals surface area contributed by atoms with Crippen LogP contribution < -0.4 is 5.32 Å². The monoisotopic (exact) mass is 259 g/mol. The molecule has 0 aromatic heterocycles. The molecule has 2 N–H and O–H groups in total. The smallest absolute Gasteiger partial charge is 0.329 e. The lowest BCUT2D eigenvalue weighted by atomic mass is 10.0. The lowest BCUT2D eigenvalue weighted by molar-refractivity contribution is -0.146. The summed E-state index contributed by atoms with van der Waals surface area (Å²) in [6, 6.07) is 0. The Kier molecular flexibility index (Phi) is 6.07. The second-order valence-corrected chi connectivity index (χ2v) is 4.34. The summed E-state index contributed by atoms with van der Waals surface area (Å²) >= 11 is 0. The van der Waals surface area contributed by atoms with E-state index in [9.17, 15) is 9.59 Å². The molecule has 0 aliphatic heterocycles. The quantitative estimate of drug-likeness (QED) is 0.622. The summed E-state index contributed by atoms with van der Waals surface area (Å²) in [4.78, 5) is 22.3. The van der Waals surface area contributed by atoms with Gasteiger partial charge in [-0.05, 0) is 32.6 Å². The number of hydrogen-bond donors (Lipinski definition) is 2. The highest BCUT2D eigenvalue weighted by Crippen LogP contribution is 2.33. The summed E-state index contributed by atoms with van der Waals surface area (Å²) in [5.74, 6) is -1.12. The van der Waals surface area contributed by atoms with Gasteiger partial charge < -0.3 is 19.9 Å². The number of amides is 1. The van der Waals surface area contributed by atoms with Crippen LogP contribution in [0.2, 0.25) is 0 Å². The maximum atomic E-state index is 12.0. The third-order valence-corrected chi connectivity index (χ3v) is 3.00. The summed E-state index contributed by atoms with van der Waals surface area (Å²) in [7, 11) is 0. The highest BCUT2D eigenvalue weighted by atomic mass is 16.5. The van der Waals surface area contributed by atoms with Crippen molar-refractivity contribution < 1.29 is 24.2 Å². The molecule has 0 aromatic rings. The summed E-state index contributed by atoms with van der Waals surface area (Å²) < 4.78 is 10.4. The van der Waals surface area contributed by atoms with Crippen molar-refractivity contribution in [3.63, 3.8) is 0 Å². The van der Waals surface area contributed by atoms with Crippen molar-refractivity contribution in [3.8, 4) is 0 Å². The molecule has 0 heterocycles. The summed E-state index contributed by atoms with van der Waals surface area (Å²) in [6.45, 7) is 2.56. The van der Waals surface area contributed by atoms with Crippen molar-refractivity contribution in [2.24, 2.45) is 0 Å². The molecule has 6 heteroatoms. The number of nitrogens with one attached hydrogen (secondary N) is 1. The standard InChI is InChI=1S/C12H21NO5/c1-2-18-12(5-3-4-6-12)11(16)13-7-8-17-9-10(14)15/h2-9H2,1H3,(H,13,16)(H,14,15). The highest BCUT2D eigenvalue weighted by molar-refractivity contribution is 5.85. The molecular formula is C12H21NO5. The fourth-order valence-electron chi connectivity index (χ4n) is 2.22. The molecule has 0 unspecified atom stereocenters. The first kappa shape index (κ1) is 14.9. The van der Waals surface area contributed by atoms with Crippen LogP contribution in [0.3, 0.4) is 0 Å². The molecule has 18 heavy (non-hydrogen) atoms. The molecule has 0 atom stereocenters. The molecular weight excluding hydrogens is 238 g/mol. The number of rotatable bonds is 8. The Balaban J connectivity index is 2.27. The van der Waals surface area contributed by atoms with Gasteiger partial charge in [0.15, 0.2) is 0 Å². The molecule has 0 saturated heterocycles. The second-order valence-electron chi connectivity index (χ2n) is 4.34. The lowest BCUT2D eigenvalue weighted by Crippen LogP contribution is -2.47. The Morgan fingerprint density at radius 1 is 1.33 bits per heavy atom. The van der Waals surface area contributed by atoms with E-state index in [0.29, 0.717) is 13.2 Å². The van der Waals surface area contributed by atoms with E-state index in [4.69, 9.17) is 14.6 Å². The zero-order valence-electron chi connectivity index (χ0n) is 10.7. The zero-order chi connectivity index (χ0) is 13.4. The fraction of sp³-hybridized carbons (Fsp3) is 0.833. The molecule has 1 rings (SSSR count). The molecule has 1 aliphatic carbocycles. The maximum absolute atomic E-state index is 12.0. The number of ether oxygens (including phenoxy) is 2. The van der Waals surface area contributed by atoms with Gasteiger partial charge in [-0.2, -0.15) is 0 Å². The molecule has 0 spiro atoms. The van der Waals surface area contributed by atoms with Crippen molar-refractivity contribution >= 4 is 11.9 Å². The van der Waals surface area contributed by atoms with E-state index in [2.05, 4.69) is 5.32 Å². The van der Waals surface area contributed by atoms with Crippen LogP contribution in [0.25, 0.3) is 0 Å². The van der Waals surface area contributed by atoms with E-state index in [0.717, 1.165) is 25.7 Å². The van der Waals surface area contributed by atoms with Gasteiger partial charge >= 0.3 is 5.97 Å². The molecule has 1 saturated carbocycles. The maximum Gasteiger partial charge on any atom is 0.329 e. The first-order valence-corrected chi connectivity index (χ1v) is 6.32. The second kappa shape index (κ2) is 7.33. The number of hydrogen-bond acceptors (Lipinski definition) is 4. The number of carbonyl (C=O) groups excluding carboxylic acids is 1. The van der Waals surface area contributed by atoms with Crippen LogP contribution in [0, 0.1) is 0 Å². The van der Waals surface area contributed by atoms with Crippen LogP contribution >= 0.6 is 0 Å². The Hall–Kier alpha value is -1.14. The van der Waals surface area contributed by atoms with Crippen LogP contribution in [-0.2, 0) is 19.1 Å². The molecule has 1 aliphatic rings. The molecule has 1 amide bonds. The first-order chi connectivity index (χ1) is 8.60. The Labute approximate surface area is 107 Å². The molecule has 0 aromatic carbocycles. The average Bonchev–Trinajstić information content (AvgIpc) is 2.78. The van der Waals surface area contributed by atoms with Crippen LogP contribution in [0.15, 0.2) is 0 Å². The van der Waals surface area contributed by atoms with Gasteiger partial charge in [-0.3, -0.25) is 4.79 Å². The van der Waals surface area contributed by atoms with Gasteiger partial charge in [-0.25, -0.2) is 4.79 Å². The third kappa shape index (κ3) is 4.27. The Bertz CT molecular complexity index is 286. The normalized spacial score (nSPS) is 17.6. The third-order valence-electron chi connectivity index (χ3n) is 3.00. The van der Waals surface area contributed by atoms with Crippen molar-refractivity contribution in [2.45, 2.75) is 38.2 Å². The Morgan fingerprint density at radius 3 is 2.56 bits per heavy atom. The number of carboxylic acid groups (broad SMARTS) is 1. The minimum atomic E-state index is -1.01. The van der Waals surface area contributed by atoms with Crippen molar-refractivity contribution in [2.75, 3.05) is 26.4 Å². The van der Waals surface area contributed by atoms with E-state index >= 15 is 0 Å². The van der Waals surface area contributed by atoms with E-state index in [1.54, 1.807) is 0 Å². The molecule has 0 radical (unpaired) electrons. The van der Waals surface area contributed by atoms with Gasteiger partial charge in [0.05, 0.1) is 6.61 Å². The van der Waals surface area contributed by atoms with Gasteiger partial charge in [0.2, 0.25) is 0 Å². The highest BCUT2D eigenvalue weighted by Gasteiger charge is 2.41. The topological polar surface area (TPSA) is 84.9 Å². The van der Waals surface area contributed by atoms with Crippen LogP contribution in [0.1, 0.15) is 32.6 Å². The lowest BCUT2D eigenvalue weighted by Gasteiger charge is -2.27. The molecule has 104 valence electrons. The van der Waals surface area contributed by atoms with Crippen molar-refractivity contribution in [3.05, 3.63) is 0 Å². The SMILES string of the molecule is CCOC1(C(=O)NCCOCC(=O)O)CCCC1. The largest absolute Gasteiger partial charge is 0.480 e. The number of carbonyl (C=O) groups is 2. The predicted octanol–water partition coefficient (Wildman–Crippen LogP) is 0.553. The van der Waals surface area contributed by atoms with Crippen LogP contribution in [-0.4, -0.2) is 48.9 Å². The number of carboxylic acids is 1. The van der Waals surface area contributed by atoms with Crippen molar-refractivity contribution in [1.29, 1.82) is 0 Å². The predicted molar refractivity (Wildman–Crippen MR) is 64.3 cm³/mol. The van der Waals surface area contributed by atoms with Gasteiger partial charge in [0.1, 0.15) is 12.2 Å². The molecule has 0 bridgehead atoms.